The second-order valence-electron chi connectivity index (χ2n) is 9.53. The number of fused-ring (bicyclic) bond motifs is 4. The molecule has 1 aliphatic heterocycles. The van der Waals surface area contributed by atoms with Crippen LogP contribution in [0.5, 0.6) is 17.2 Å². The van der Waals surface area contributed by atoms with Crippen molar-refractivity contribution in [1.29, 1.82) is 0 Å². The van der Waals surface area contributed by atoms with E-state index in [1.54, 1.807) is 13.0 Å². The molecule has 1 unspecified atom stereocenters. The summed E-state index contributed by atoms with van der Waals surface area (Å²) in [5, 5.41) is 25.4. The molecule has 190 valence electrons. The lowest BCUT2D eigenvalue weighted by atomic mass is 9.70. The van der Waals surface area contributed by atoms with Gasteiger partial charge in [-0.2, -0.15) is 0 Å². The van der Waals surface area contributed by atoms with Crippen molar-refractivity contribution < 1.29 is 33.7 Å². The van der Waals surface area contributed by atoms with Crippen LogP contribution in [0, 0.1) is 12.7 Å². The van der Waals surface area contributed by atoms with Crippen LogP contribution in [0.3, 0.4) is 0 Å². The van der Waals surface area contributed by atoms with Gasteiger partial charge in [-0.25, -0.2) is 4.39 Å². The molecule has 0 saturated carbocycles. The van der Waals surface area contributed by atoms with Crippen LogP contribution < -0.4 is 10.1 Å². The molecular weight excluding hydrogens is 479 g/mol. The van der Waals surface area contributed by atoms with Gasteiger partial charge in [0.15, 0.2) is 17.3 Å². The van der Waals surface area contributed by atoms with Crippen LogP contribution >= 0.6 is 0 Å². The molecule has 1 aliphatic carbocycles. The number of halogens is 1. The van der Waals surface area contributed by atoms with Crippen LogP contribution in [0.25, 0.3) is 10.9 Å². The smallest absolute Gasteiger partial charge is 0.194 e. The molecule has 9 heteroatoms. The largest absolute Gasteiger partial charge is 0.507 e. The number of allylic oxidation sites excluding steroid dienone is 4. The minimum atomic E-state index is -1.57. The second-order valence-corrected chi connectivity index (χ2v) is 9.53. The number of rotatable bonds is 5. The number of ketones is 3. The molecule has 3 aromatic rings. The Hall–Kier alpha value is -4.40. The third-order valence-corrected chi connectivity index (χ3v) is 7.24. The first-order valence-corrected chi connectivity index (χ1v) is 11.7. The van der Waals surface area contributed by atoms with Gasteiger partial charge in [-0.1, -0.05) is 0 Å². The van der Waals surface area contributed by atoms with Gasteiger partial charge < -0.3 is 24.8 Å². The number of ether oxygens (including phenoxy) is 1. The quantitative estimate of drug-likeness (QED) is 0.274. The van der Waals surface area contributed by atoms with Gasteiger partial charge in [0.05, 0.1) is 16.7 Å². The van der Waals surface area contributed by atoms with Crippen LogP contribution in [0.1, 0.15) is 42.3 Å². The third kappa shape index (κ3) is 3.45. The predicted molar refractivity (Wildman–Crippen MR) is 133 cm³/mol. The van der Waals surface area contributed by atoms with Gasteiger partial charge in [-0.05, 0) is 57.3 Å². The number of hydrogen-bond donors (Lipinski definition) is 3. The molecule has 5 rings (SSSR count). The van der Waals surface area contributed by atoms with Crippen LogP contribution in [0.2, 0.25) is 0 Å². The first-order valence-electron chi connectivity index (χ1n) is 11.7. The lowest BCUT2D eigenvalue weighted by Crippen LogP contribution is -2.41. The molecule has 0 bridgehead atoms. The Morgan fingerprint density at radius 3 is 2.59 bits per heavy atom. The fraction of sp³-hybridized carbons (Fsp3) is 0.250. The molecule has 0 amide bonds. The molecule has 3 N–H and O–H groups in total. The Labute approximate surface area is 211 Å². The van der Waals surface area contributed by atoms with E-state index in [-0.39, 0.29) is 45.3 Å². The van der Waals surface area contributed by atoms with Gasteiger partial charge in [-0.15, -0.1) is 0 Å². The van der Waals surface area contributed by atoms with E-state index in [0.717, 1.165) is 10.9 Å². The van der Waals surface area contributed by atoms with E-state index in [4.69, 9.17) is 4.74 Å². The summed E-state index contributed by atoms with van der Waals surface area (Å²) in [7, 11) is 0. The third-order valence-electron chi connectivity index (χ3n) is 7.24. The SMILES string of the molecule is CC(=O)c1c(O)c(C)c(O)c2c1OC1=CC(=O)C(=C(C)NCCn3ccc4ccc(F)cc43)C(=O)C12C. The number of nitrogens with one attached hydrogen (secondary N) is 1. The number of carbonyl (C=O) groups is 3. The van der Waals surface area contributed by atoms with Gasteiger partial charge in [0.1, 0.15) is 39.8 Å². The Bertz CT molecular complexity index is 1610. The van der Waals surface area contributed by atoms with Gasteiger partial charge in [0, 0.05) is 36.6 Å². The molecular formula is C28H25FN2O6. The van der Waals surface area contributed by atoms with Crippen molar-refractivity contribution in [3.05, 3.63) is 76.1 Å². The van der Waals surface area contributed by atoms with Crippen LogP contribution in [0.4, 0.5) is 4.39 Å². The number of Topliss-reactive ketones (excluding diaryl/α,β-unsaturated/α-hetero) is 2. The molecule has 2 heterocycles. The lowest BCUT2D eigenvalue weighted by Gasteiger charge is -2.29. The Balaban J connectivity index is 1.50. The Morgan fingerprint density at radius 2 is 1.89 bits per heavy atom. The molecule has 2 aliphatic rings. The van der Waals surface area contributed by atoms with E-state index >= 15 is 0 Å². The Morgan fingerprint density at radius 1 is 1.16 bits per heavy atom. The highest BCUT2D eigenvalue weighted by Gasteiger charge is 2.56. The highest BCUT2D eigenvalue weighted by atomic mass is 19.1. The van der Waals surface area contributed by atoms with Gasteiger partial charge in [0.2, 0.25) is 0 Å². The maximum atomic E-state index is 13.8. The summed E-state index contributed by atoms with van der Waals surface area (Å²) >= 11 is 0. The highest BCUT2D eigenvalue weighted by molar-refractivity contribution is 6.31. The Kier molecular flexibility index (Phi) is 5.47. The van der Waals surface area contributed by atoms with Crippen molar-refractivity contribution in [1.82, 2.24) is 9.88 Å². The predicted octanol–water partition coefficient (Wildman–Crippen LogP) is 3.95. The number of carbonyl (C=O) groups excluding carboxylic acids is 3. The van der Waals surface area contributed by atoms with Gasteiger partial charge >= 0.3 is 0 Å². The summed E-state index contributed by atoms with van der Waals surface area (Å²) in [4.78, 5) is 39.2. The molecule has 0 saturated heterocycles. The molecule has 1 aromatic heterocycles. The maximum Gasteiger partial charge on any atom is 0.194 e. The highest BCUT2D eigenvalue weighted by Crippen LogP contribution is 2.57. The number of phenolic OH excluding ortho intramolecular Hbond substituents is 2. The zero-order valence-corrected chi connectivity index (χ0v) is 20.7. The van der Waals surface area contributed by atoms with Crippen molar-refractivity contribution in [3.63, 3.8) is 0 Å². The van der Waals surface area contributed by atoms with Crippen molar-refractivity contribution in [3.8, 4) is 17.2 Å². The topological polar surface area (TPSA) is 118 Å². The van der Waals surface area contributed by atoms with Crippen LogP contribution in [-0.2, 0) is 21.5 Å². The average molecular weight is 505 g/mol. The number of nitrogens with zero attached hydrogens (tertiary/aromatic N) is 1. The summed E-state index contributed by atoms with van der Waals surface area (Å²) in [6, 6.07) is 6.41. The summed E-state index contributed by atoms with van der Waals surface area (Å²) in [5.74, 6) is -2.97. The minimum Gasteiger partial charge on any atom is -0.507 e. The number of phenols is 2. The summed E-state index contributed by atoms with van der Waals surface area (Å²) in [5.41, 5.74) is -0.670. The van der Waals surface area contributed by atoms with Gasteiger partial charge in [-0.3, -0.25) is 14.4 Å². The normalized spacial score (nSPS) is 19.9. The number of benzene rings is 2. The molecule has 0 spiro atoms. The standard InChI is InChI=1S/C28H25FN2O6/c1-13-24(34)22(15(3)32)26-23(25(13)35)28(4)20(37-26)12-19(33)21(27(28)36)14(2)30-8-10-31-9-7-16-5-6-17(29)11-18(16)31/h5-7,9,11-12,30,34-35H,8,10H2,1-4H3. The fourth-order valence-corrected chi connectivity index (χ4v) is 5.17. The number of aromatic hydroxyl groups is 2. The molecule has 0 radical (unpaired) electrons. The summed E-state index contributed by atoms with van der Waals surface area (Å²) < 4.78 is 21.3. The molecule has 2 aromatic carbocycles. The van der Waals surface area contributed by atoms with Crippen molar-refractivity contribution >= 4 is 28.3 Å². The first-order chi connectivity index (χ1) is 17.5. The lowest BCUT2D eigenvalue weighted by molar-refractivity contribution is -0.123. The van der Waals surface area contributed by atoms with E-state index in [1.807, 2.05) is 16.8 Å². The number of hydrogen-bond acceptors (Lipinski definition) is 7. The zero-order valence-electron chi connectivity index (χ0n) is 20.7. The van der Waals surface area contributed by atoms with Crippen LogP contribution in [-0.4, -0.2) is 38.7 Å². The summed E-state index contributed by atoms with van der Waals surface area (Å²) in [6.45, 7) is 6.60. The summed E-state index contributed by atoms with van der Waals surface area (Å²) in [6.07, 6.45) is 3.01. The maximum absolute atomic E-state index is 13.8. The van der Waals surface area contributed by atoms with Crippen molar-refractivity contribution in [2.45, 2.75) is 39.7 Å². The van der Waals surface area contributed by atoms with E-state index in [0.29, 0.717) is 18.8 Å². The van der Waals surface area contributed by atoms with Gasteiger partial charge in [0.25, 0.3) is 0 Å². The second kappa shape index (κ2) is 8.33. The average Bonchev–Trinajstić information content (AvgIpc) is 3.36. The zero-order chi connectivity index (χ0) is 26.8. The van der Waals surface area contributed by atoms with E-state index in [1.165, 1.54) is 39.0 Å². The van der Waals surface area contributed by atoms with E-state index < -0.39 is 28.5 Å². The van der Waals surface area contributed by atoms with E-state index in [2.05, 4.69) is 5.32 Å². The number of aromatic nitrogens is 1. The molecule has 8 nitrogen and oxygen atoms in total. The fourth-order valence-electron chi connectivity index (χ4n) is 5.17. The minimum absolute atomic E-state index is 0.0160. The molecule has 0 fully saturated rings. The first kappa shape index (κ1) is 24.3. The van der Waals surface area contributed by atoms with Crippen molar-refractivity contribution in [2.75, 3.05) is 6.54 Å². The molecule has 37 heavy (non-hydrogen) atoms. The molecule has 1 atom stereocenters. The monoisotopic (exact) mass is 504 g/mol. The van der Waals surface area contributed by atoms with Crippen LogP contribution in [0.15, 0.2) is 53.6 Å². The van der Waals surface area contributed by atoms with E-state index in [9.17, 15) is 29.0 Å². The van der Waals surface area contributed by atoms with Crippen molar-refractivity contribution in [2.24, 2.45) is 0 Å².